The van der Waals surface area contributed by atoms with Gasteiger partial charge in [-0.25, -0.2) is 9.97 Å². The van der Waals surface area contributed by atoms with E-state index in [1.54, 1.807) is 64.4 Å². The van der Waals surface area contributed by atoms with Gasteiger partial charge >= 0.3 is 0 Å². The molecule has 53 heavy (non-hydrogen) atoms. The highest BCUT2D eigenvalue weighted by atomic mass is 16.2. The fourth-order valence-corrected chi connectivity index (χ4v) is 7.26. The van der Waals surface area contributed by atoms with Crippen molar-refractivity contribution in [3.8, 4) is 22.8 Å². The molecule has 0 unspecified atom stereocenters. The summed E-state index contributed by atoms with van der Waals surface area (Å²) < 4.78 is 0. The van der Waals surface area contributed by atoms with Gasteiger partial charge in [-0.2, -0.15) is 0 Å². The Kier molecular flexibility index (Phi) is 8.41. The maximum absolute atomic E-state index is 14.0. The molecule has 2 aromatic heterocycles. The first kappa shape index (κ1) is 33.3. The third-order valence-corrected chi connectivity index (χ3v) is 10.1. The standard InChI is InChI=1S/C39H37N11O3/c40-33(41)24-11-15-27-29(19-24)47-35(45-27)21-5-7-23(8-6-21)38(52)50-18-2-4-32(50)39(53)49-17-1-3-31(49)37(51)44-26-13-9-22(10-14-26)36-46-28-16-12-25(34(42)43)20-30(28)48-36/h5-16,19-20,31-32H,1-4,17-18H2,(H3,40,41)(H3,42,43)(H,44,51)(H,45,47)(H,46,48)/t31-,32+/m0/s1. The number of aromatic nitrogens is 4. The monoisotopic (exact) mass is 707 g/mol. The number of benzene rings is 4. The molecule has 6 aromatic rings. The van der Waals surface area contributed by atoms with Crippen LogP contribution in [0.2, 0.25) is 0 Å². The van der Waals surface area contributed by atoms with E-state index in [9.17, 15) is 14.4 Å². The van der Waals surface area contributed by atoms with Crippen LogP contribution in [0.5, 0.6) is 0 Å². The number of nitrogen functional groups attached to an aromatic ring is 2. The largest absolute Gasteiger partial charge is 0.384 e. The number of anilines is 1. The van der Waals surface area contributed by atoms with Crippen LogP contribution in [0.25, 0.3) is 44.8 Å². The molecule has 2 atom stereocenters. The van der Waals surface area contributed by atoms with Crippen molar-refractivity contribution in [3.05, 3.63) is 102 Å². The molecule has 3 amide bonds. The average Bonchev–Trinajstić information content (AvgIpc) is 3.99. The highest BCUT2D eigenvalue weighted by Gasteiger charge is 2.42. The third kappa shape index (κ3) is 6.35. The van der Waals surface area contributed by atoms with Crippen LogP contribution in [0.15, 0.2) is 84.9 Å². The van der Waals surface area contributed by atoms with Crippen LogP contribution in [0.3, 0.4) is 0 Å². The van der Waals surface area contributed by atoms with Crippen molar-refractivity contribution >= 4 is 57.1 Å². The molecule has 8 rings (SSSR count). The summed E-state index contributed by atoms with van der Waals surface area (Å²) in [7, 11) is 0. The predicted octanol–water partition coefficient (Wildman–Crippen LogP) is 4.58. The number of amidine groups is 2. The minimum atomic E-state index is -0.643. The number of amides is 3. The molecule has 2 aliphatic heterocycles. The van der Waals surface area contributed by atoms with Gasteiger partial charge in [0.1, 0.15) is 35.4 Å². The number of nitrogens with one attached hydrogen (secondary N) is 5. The van der Waals surface area contributed by atoms with Crippen LogP contribution in [0.1, 0.15) is 47.2 Å². The van der Waals surface area contributed by atoms with Gasteiger partial charge in [-0.05, 0) is 98.5 Å². The summed E-state index contributed by atoms with van der Waals surface area (Å²) in [5.41, 5.74) is 18.1. The van der Waals surface area contributed by atoms with Crippen molar-refractivity contribution < 1.29 is 14.4 Å². The molecule has 0 bridgehead atoms. The normalized spacial score (nSPS) is 17.1. The third-order valence-electron chi connectivity index (χ3n) is 10.1. The molecule has 14 heteroatoms. The van der Waals surface area contributed by atoms with Crippen molar-refractivity contribution in [2.24, 2.45) is 11.5 Å². The first-order valence-corrected chi connectivity index (χ1v) is 17.4. The molecule has 2 fully saturated rings. The molecule has 4 heterocycles. The second-order valence-electron chi connectivity index (χ2n) is 13.5. The Hall–Kier alpha value is -6.83. The lowest BCUT2D eigenvalue weighted by Gasteiger charge is -2.31. The summed E-state index contributed by atoms with van der Waals surface area (Å²) in [5.74, 6) is 0.530. The Labute approximate surface area is 303 Å². The highest BCUT2D eigenvalue weighted by Crippen LogP contribution is 2.29. The summed E-state index contributed by atoms with van der Waals surface area (Å²) in [5, 5.41) is 18.3. The molecule has 0 spiro atoms. The summed E-state index contributed by atoms with van der Waals surface area (Å²) in [6.45, 7) is 0.908. The van der Waals surface area contributed by atoms with E-state index >= 15 is 0 Å². The molecule has 9 N–H and O–H groups in total. The zero-order valence-corrected chi connectivity index (χ0v) is 28.6. The SMILES string of the molecule is N=C(N)c1ccc2nc(-c3ccc(NC(=O)[C@@H]4CCCN4C(=O)[C@H]4CCCN4C(=O)c4ccc(-c5nc6ccc(C(=N)N)cc6[nH]5)cc4)cc3)[nH]c2c1. The number of aromatic amines is 2. The van der Waals surface area contributed by atoms with Gasteiger partial charge in [0, 0.05) is 46.6 Å². The molecule has 0 aliphatic carbocycles. The fourth-order valence-electron chi connectivity index (χ4n) is 7.26. The van der Waals surface area contributed by atoms with E-state index in [4.69, 9.17) is 22.3 Å². The van der Waals surface area contributed by atoms with E-state index in [-0.39, 0.29) is 29.4 Å². The van der Waals surface area contributed by atoms with E-state index in [2.05, 4.69) is 25.3 Å². The van der Waals surface area contributed by atoms with E-state index in [0.717, 1.165) is 33.2 Å². The molecule has 2 aliphatic rings. The van der Waals surface area contributed by atoms with Crippen molar-refractivity contribution in [2.45, 2.75) is 37.8 Å². The van der Waals surface area contributed by atoms with Gasteiger partial charge in [0.2, 0.25) is 11.8 Å². The van der Waals surface area contributed by atoms with Crippen molar-refractivity contribution in [1.82, 2.24) is 29.7 Å². The van der Waals surface area contributed by atoms with Gasteiger partial charge < -0.3 is 36.6 Å². The summed E-state index contributed by atoms with van der Waals surface area (Å²) in [6, 6.07) is 23.8. The summed E-state index contributed by atoms with van der Waals surface area (Å²) in [4.78, 5) is 60.3. The maximum atomic E-state index is 14.0. The number of H-pyrrole nitrogens is 2. The first-order chi connectivity index (χ1) is 25.6. The number of hydrogen-bond acceptors (Lipinski definition) is 7. The zero-order valence-electron chi connectivity index (χ0n) is 28.6. The number of nitrogens with two attached hydrogens (primary N) is 2. The molecule has 0 saturated carbocycles. The summed E-state index contributed by atoms with van der Waals surface area (Å²) in [6.07, 6.45) is 2.46. The van der Waals surface area contributed by atoms with E-state index < -0.39 is 12.1 Å². The first-order valence-electron chi connectivity index (χ1n) is 17.4. The average molecular weight is 708 g/mol. The smallest absolute Gasteiger partial charge is 0.254 e. The van der Waals surface area contributed by atoms with Gasteiger partial charge in [0.05, 0.1) is 22.1 Å². The van der Waals surface area contributed by atoms with Crippen LogP contribution in [0.4, 0.5) is 5.69 Å². The van der Waals surface area contributed by atoms with Gasteiger partial charge in [0.15, 0.2) is 0 Å². The quantitative estimate of drug-likeness (QED) is 0.0880. The number of fused-ring (bicyclic) bond motifs is 2. The number of nitrogens with zero attached hydrogens (tertiary/aromatic N) is 4. The van der Waals surface area contributed by atoms with Crippen LogP contribution < -0.4 is 16.8 Å². The van der Waals surface area contributed by atoms with Gasteiger partial charge in [0.25, 0.3) is 5.91 Å². The lowest BCUT2D eigenvalue weighted by molar-refractivity contribution is -0.139. The Morgan fingerprint density at radius 2 is 1.15 bits per heavy atom. The number of carbonyl (C=O) groups excluding carboxylic acids is 3. The Morgan fingerprint density at radius 1 is 0.660 bits per heavy atom. The molecule has 2 saturated heterocycles. The van der Waals surface area contributed by atoms with E-state index in [1.807, 2.05) is 30.3 Å². The number of hydrogen-bond donors (Lipinski definition) is 7. The van der Waals surface area contributed by atoms with Crippen LogP contribution in [-0.2, 0) is 9.59 Å². The van der Waals surface area contributed by atoms with Gasteiger partial charge in [-0.3, -0.25) is 25.2 Å². The molecular weight excluding hydrogens is 671 g/mol. The fraction of sp³-hybridized carbons (Fsp3) is 0.205. The van der Waals surface area contributed by atoms with Crippen molar-refractivity contribution in [3.63, 3.8) is 0 Å². The van der Waals surface area contributed by atoms with Crippen molar-refractivity contribution in [2.75, 3.05) is 18.4 Å². The number of imidazole rings is 2. The Morgan fingerprint density at radius 3 is 1.70 bits per heavy atom. The Balaban J connectivity index is 0.919. The predicted molar refractivity (Wildman–Crippen MR) is 203 cm³/mol. The van der Waals surface area contributed by atoms with E-state index in [0.29, 0.717) is 72.8 Å². The number of likely N-dealkylation sites (tertiary alicyclic amines) is 2. The topological polar surface area (TPSA) is 227 Å². The molecule has 0 radical (unpaired) electrons. The van der Waals surface area contributed by atoms with Crippen LogP contribution >= 0.6 is 0 Å². The highest BCUT2D eigenvalue weighted by molar-refractivity contribution is 6.02. The zero-order chi connectivity index (χ0) is 36.8. The maximum Gasteiger partial charge on any atom is 0.254 e. The minimum Gasteiger partial charge on any atom is -0.384 e. The number of carbonyl (C=O) groups is 3. The van der Waals surface area contributed by atoms with Gasteiger partial charge in [-0.15, -0.1) is 0 Å². The lowest BCUT2D eigenvalue weighted by Crippen LogP contribution is -2.51. The second-order valence-corrected chi connectivity index (χ2v) is 13.5. The van der Waals surface area contributed by atoms with Crippen LogP contribution in [-0.4, -0.2) is 84.3 Å². The van der Waals surface area contributed by atoms with Crippen molar-refractivity contribution in [1.29, 1.82) is 10.8 Å². The molecule has 14 nitrogen and oxygen atoms in total. The molecular formula is C39H37N11O3. The second kappa shape index (κ2) is 13.4. The minimum absolute atomic E-state index is 0.0187. The molecule has 266 valence electrons. The number of rotatable bonds is 8. The summed E-state index contributed by atoms with van der Waals surface area (Å²) >= 11 is 0. The van der Waals surface area contributed by atoms with Gasteiger partial charge in [-0.1, -0.05) is 12.1 Å². The molecule has 4 aromatic carbocycles. The lowest BCUT2D eigenvalue weighted by atomic mass is 10.1. The van der Waals surface area contributed by atoms with E-state index in [1.165, 1.54) is 0 Å². The Bertz CT molecular complexity index is 2430. The van der Waals surface area contributed by atoms with Crippen LogP contribution in [0, 0.1) is 10.8 Å².